The summed E-state index contributed by atoms with van der Waals surface area (Å²) in [5, 5.41) is 12.2. The number of nitrogens with two attached hydrogens (primary N) is 1. The van der Waals surface area contributed by atoms with E-state index in [4.69, 9.17) is 5.73 Å². The Balaban J connectivity index is 2.80. The average molecular weight is 208 g/mol. The van der Waals surface area contributed by atoms with Crippen LogP contribution in [0.15, 0.2) is 18.2 Å². The Labute approximate surface area is 89.1 Å². The molecule has 0 aromatic heterocycles. The van der Waals surface area contributed by atoms with E-state index in [2.05, 4.69) is 5.32 Å². The molecule has 4 nitrogen and oxygen atoms in total. The largest absolute Gasteiger partial charge is 0.508 e. The van der Waals surface area contributed by atoms with Crippen LogP contribution < -0.4 is 11.1 Å². The van der Waals surface area contributed by atoms with E-state index in [0.717, 1.165) is 0 Å². The van der Waals surface area contributed by atoms with Gasteiger partial charge in [0.2, 0.25) is 5.91 Å². The molecular formula is C11H16N2O2. The summed E-state index contributed by atoms with van der Waals surface area (Å²) in [4.78, 5) is 11.4. The summed E-state index contributed by atoms with van der Waals surface area (Å²) >= 11 is 0. The quantitative estimate of drug-likeness (QED) is 0.703. The van der Waals surface area contributed by atoms with Crippen LogP contribution in [0.25, 0.3) is 0 Å². The molecule has 0 unspecified atom stereocenters. The number of aromatic hydroxyl groups is 1. The fourth-order valence-electron chi connectivity index (χ4n) is 1.10. The zero-order chi connectivity index (χ0) is 11.4. The number of hydrogen-bond donors (Lipinski definition) is 3. The summed E-state index contributed by atoms with van der Waals surface area (Å²) < 4.78 is 0. The van der Waals surface area contributed by atoms with Crippen molar-refractivity contribution in [1.29, 1.82) is 0 Å². The number of anilines is 1. The maximum absolute atomic E-state index is 11.4. The van der Waals surface area contributed by atoms with Crippen molar-refractivity contribution in [2.24, 2.45) is 11.7 Å². The van der Waals surface area contributed by atoms with Crippen LogP contribution in [0, 0.1) is 5.92 Å². The molecule has 0 saturated carbocycles. The molecule has 0 aliphatic heterocycles. The summed E-state index contributed by atoms with van der Waals surface area (Å²) in [6, 6.07) is 4.93. The standard InChI is InChI=1S/C11H16N2O2/c1-7(2)11(15)13-9-4-3-8(6-12)10(14)5-9/h3-5,7,14H,6,12H2,1-2H3,(H,13,15). The molecule has 82 valence electrons. The van der Waals surface area contributed by atoms with Crippen LogP contribution in [-0.4, -0.2) is 11.0 Å². The first-order chi connectivity index (χ1) is 7.04. The van der Waals surface area contributed by atoms with Gasteiger partial charge in [0.05, 0.1) is 0 Å². The van der Waals surface area contributed by atoms with Crippen LogP contribution >= 0.6 is 0 Å². The molecule has 1 aromatic carbocycles. The third kappa shape index (κ3) is 2.95. The minimum absolute atomic E-state index is 0.0742. The van der Waals surface area contributed by atoms with Crippen LogP contribution in [0.3, 0.4) is 0 Å². The molecule has 0 saturated heterocycles. The van der Waals surface area contributed by atoms with E-state index in [0.29, 0.717) is 11.3 Å². The lowest BCUT2D eigenvalue weighted by atomic mass is 10.1. The number of nitrogens with one attached hydrogen (secondary N) is 1. The van der Waals surface area contributed by atoms with Gasteiger partial charge in [-0.25, -0.2) is 0 Å². The maximum Gasteiger partial charge on any atom is 0.226 e. The SMILES string of the molecule is CC(C)C(=O)Nc1ccc(CN)c(O)c1. The Morgan fingerprint density at radius 2 is 2.20 bits per heavy atom. The fourth-order valence-corrected chi connectivity index (χ4v) is 1.10. The normalized spacial score (nSPS) is 10.4. The van der Waals surface area contributed by atoms with E-state index < -0.39 is 0 Å². The lowest BCUT2D eigenvalue weighted by Crippen LogP contribution is -2.17. The van der Waals surface area contributed by atoms with Crippen molar-refractivity contribution < 1.29 is 9.90 Å². The third-order valence-corrected chi connectivity index (χ3v) is 2.10. The molecule has 1 amide bonds. The molecule has 0 heterocycles. The van der Waals surface area contributed by atoms with Crippen LogP contribution in [0.1, 0.15) is 19.4 Å². The Kier molecular flexibility index (Phi) is 3.68. The highest BCUT2D eigenvalue weighted by atomic mass is 16.3. The molecule has 4 heteroatoms. The predicted molar refractivity (Wildman–Crippen MR) is 59.5 cm³/mol. The molecule has 0 spiro atoms. The molecule has 1 rings (SSSR count). The number of rotatable bonds is 3. The molecule has 0 atom stereocenters. The summed E-state index contributed by atoms with van der Waals surface area (Å²) in [6.07, 6.45) is 0. The van der Waals surface area contributed by atoms with E-state index in [1.807, 2.05) is 13.8 Å². The Bertz CT molecular complexity index is 362. The van der Waals surface area contributed by atoms with E-state index in [1.165, 1.54) is 6.07 Å². The highest BCUT2D eigenvalue weighted by Gasteiger charge is 2.08. The molecule has 1 aromatic rings. The van der Waals surface area contributed by atoms with Crippen molar-refractivity contribution in [2.45, 2.75) is 20.4 Å². The molecule has 4 N–H and O–H groups in total. The first-order valence-corrected chi connectivity index (χ1v) is 4.87. The number of phenolic OH excluding ortho intramolecular Hbond substituents is 1. The van der Waals surface area contributed by atoms with Gasteiger partial charge in [-0.05, 0) is 6.07 Å². The number of carbonyl (C=O) groups is 1. The van der Waals surface area contributed by atoms with E-state index in [9.17, 15) is 9.90 Å². The van der Waals surface area contributed by atoms with Crippen molar-refractivity contribution in [2.75, 3.05) is 5.32 Å². The number of amides is 1. The first-order valence-electron chi connectivity index (χ1n) is 4.87. The van der Waals surface area contributed by atoms with Crippen molar-refractivity contribution in [1.82, 2.24) is 0 Å². The second-order valence-corrected chi connectivity index (χ2v) is 3.69. The third-order valence-electron chi connectivity index (χ3n) is 2.10. The van der Waals surface area contributed by atoms with Gasteiger partial charge in [0.25, 0.3) is 0 Å². The molecule has 0 bridgehead atoms. The zero-order valence-corrected chi connectivity index (χ0v) is 8.95. The molecule has 0 aliphatic carbocycles. The van der Waals surface area contributed by atoms with Crippen LogP contribution in [-0.2, 0) is 11.3 Å². The predicted octanol–water partition coefficient (Wildman–Crippen LogP) is 1.45. The minimum atomic E-state index is -0.0821. The van der Waals surface area contributed by atoms with Gasteiger partial charge >= 0.3 is 0 Å². The topological polar surface area (TPSA) is 75.4 Å². The Hall–Kier alpha value is -1.55. The van der Waals surface area contributed by atoms with Crippen LogP contribution in [0.2, 0.25) is 0 Å². The number of carbonyl (C=O) groups excluding carboxylic acids is 1. The van der Waals surface area contributed by atoms with Gasteiger partial charge in [-0.2, -0.15) is 0 Å². The molecule has 0 radical (unpaired) electrons. The van der Waals surface area contributed by atoms with Gasteiger partial charge in [-0.3, -0.25) is 4.79 Å². The highest BCUT2D eigenvalue weighted by molar-refractivity contribution is 5.92. The summed E-state index contributed by atoms with van der Waals surface area (Å²) in [5.41, 5.74) is 6.65. The number of benzene rings is 1. The van der Waals surface area contributed by atoms with Crippen molar-refractivity contribution >= 4 is 11.6 Å². The second-order valence-electron chi connectivity index (χ2n) is 3.69. The molecule has 15 heavy (non-hydrogen) atoms. The van der Waals surface area contributed by atoms with Crippen LogP contribution in [0.5, 0.6) is 5.75 Å². The van der Waals surface area contributed by atoms with Gasteiger partial charge in [0.15, 0.2) is 0 Å². The maximum atomic E-state index is 11.4. The van der Waals surface area contributed by atoms with Gasteiger partial charge in [-0.1, -0.05) is 19.9 Å². The van der Waals surface area contributed by atoms with Gasteiger partial charge in [0, 0.05) is 29.8 Å². The molecule has 0 fully saturated rings. The van der Waals surface area contributed by atoms with Crippen molar-refractivity contribution in [3.05, 3.63) is 23.8 Å². The van der Waals surface area contributed by atoms with Gasteiger partial charge < -0.3 is 16.2 Å². The minimum Gasteiger partial charge on any atom is -0.508 e. The fraction of sp³-hybridized carbons (Fsp3) is 0.364. The van der Waals surface area contributed by atoms with E-state index in [-0.39, 0.29) is 24.1 Å². The van der Waals surface area contributed by atoms with Crippen molar-refractivity contribution in [3.63, 3.8) is 0 Å². The van der Waals surface area contributed by atoms with Gasteiger partial charge in [0.1, 0.15) is 5.75 Å². The lowest BCUT2D eigenvalue weighted by molar-refractivity contribution is -0.118. The summed E-state index contributed by atoms with van der Waals surface area (Å²) in [5.74, 6) is -0.0460. The smallest absolute Gasteiger partial charge is 0.226 e. The monoisotopic (exact) mass is 208 g/mol. The molecular weight excluding hydrogens is 192 g/mol. The summed E-state index contributed by atoms with van der Waals surface area (Å²) in [7, 11) is 0. The van der Waals surface area contributed by atoms with Gasteiger partial charge in [-0.15, -0.1) is 0 Å². The zero-order valence-electron chi connectivity index (χ0n) is 8.95. The Morgan fingerprint density at radius 1 is 1.53 bits per heavy atom. The average Bonchev–Trinajstić information content (AvgIpc) is 2.18. The van der Waals surface area contributed by atoms with Crippen LogP contribution in [0.4, 0.5) is 5.69 Å². The first kappa shape index (κ1) is 11.5. The van der Waals surface area contributed by atoms with E-state index >= 15 is 0 Å². The second kappa shape index (κ2) is 4.79. The molecule has 0 aliphatic rings. The highest BCUT2D eigenvalue weighted by Crippen LogP contribution is 2.21. The Morgan fingerprint density at radius 3 is 2.67 bits per heavy atom. The number of hydrogen-bond acceptors (Lipinski definition) is 3. The van der Waals surface area contributed by atoms with Crippen molar-refractivity contribution in [3.8, 4) is 5.75 Å². The van der Waals surface area contributed by atoms with E-state index in [1.54, 1.807) is 12.1 Å². The number of phenols is 1. The summed E-state index contributed by atoms with van der Waals surface area (Å²) in [6.45, 7) is 3.90. The lowest BCUT2D eigenvalue weighted by Gasteiger charge is -2.09.